The lowest BCUT2D eigenvalue weighted by Crippen LogP contribution is -2.15. The van der Waals surface area contributed by atoms with Crippen molar-refractivity contribution in [2.24, 2.45) is 17.8 Å². The molecular weight excluding hydrogens is 200 g/mol. The van der Waals surface area contributed by atoms with Crippen LogP contribution in [0.25, 0.3) is 6.08 Å². The van der Waals surface area contributed by atoms with E-state index >= 15 is 0 Å². The average Bonchev–Trinajstić information content (AvgIpc) is 2.68. The van der Waals surface area contributed by atoms with E-state index in [0.29, 0.717) is 6.54 Å². The molecule has 0 aliphatic carbocycles. The summed E-state index contributed by atoms with van der Waals surface area (Å²) in [6.07, 6.45) is 12.5. The molecule has 4 nitrogen and oxygen atoms in total. The Bertz CT molecular complexity index is 440. The number of nitrogens with two attached hydrogens (primary N) is 1. The first-order chi connectivity index (χ1) is 7.81. The van der Waals surface area contributed by atoms with E-state index in [-0.39, 0.29) is 6.04 Å². The van der Waals surface area contributed by atoms with Gasteiger partial charge in [0.1, 0.15) is 5.82 Å². The Morgan fingerprint density at radius 3 is 3.12 bits per heavy atom. The van der Waals surface area contributed by atoms with Crippen molar-refractivity contribution >= 4 is 12.3 Å². The third-order valence-electron chi connectivity index (χ3n) is 2.62. The van der Waals surface area contributed by atoms with Gasteiger partial charge in [-0.1, -0.05) is 6.08 Å². The highest BCUT2D eigenvalue weighted by Crippen LogP contribution is 2.17. The maximum Gasteiger partial charge on any atom is 0.132 e. The molecule has 2 heterocycles. The van der Waals surface area contributed by atoms with Gasteiger partial charge in [-0.3, -0.25) is 4.99 Å². The molecule has 1 aromatic rings. The topological polar surface area (TPSA) is 56.2 Å². The molecule has 0 saturated carbocycles. The van der Waals surface area contributed by atoms with E-state index in [1.165, 1.54) is 5.57 Å². The molecule has 16 heavy (non-hydrogen) atoms. The summed E-state index contributed by atoms with van der Waals surface area (Å²) in [7, 11) is 1.98. The van der Waals surface area contributed by atoms with Gasteiger partial charge in [0.2, 0.25) is 0 Å². The number of allylic oxidation sites excluding steroid dienone is 1. The lowest BCUT2D eigenvalue weighted by atomic mass is 10.0. The molecule has 1 atom stereocenters. The van der Waals surface area contributed by atoms with Crippen LogP contribution < -0.4 is 5.73 Å². The van der Waals surface area contributed by atoms with Crippen molar-refractivity contribution in [1.29, 1.82) is 0 Å². The molecule has 2 N–H and O–H groups in total. The zero-order valence-electron chi connectivity index (χ0n) is 9.37. The van der Waals surface area contributed by atoms with Crippen LogP contribution in [-0.2, 0) is 7.05 Å². The summed E-state index contributed by atoms with van der Waals surface area (Å²) in [6, 6.07) is 0.173. The van der Waals surface area contributed by atoms with Gasteiger partial charge in [0.15, 0.2) is 0 Å². The SMILES string of the molecule is Cn1ccnc1C=C1C=CC=NC1CCN. The van der Waals surface area contributed by atoms with E-state index in [2.05, 4.69) is 22.1 Å². The number of rotatable bonds is 3. The number of aryl methyl sites for hydroxylation is 1. The first-order valence-electron chi connectivity index (χ1n) is 5.40. The second-order valence-corrected chi connectivity index (χ2v) is 3.79. The summed E-state index contributed by atoms with van der Waals surface area (Å²) < 4.78 is 1.98. The van der Waals surface area contributed by atoms with E-state index in [9.17, 15) is 0 Å². The molecule has 2 rings (SSSR count). The summed E-state index contributed by atoms with van der Waals surface area (Å²) in [5.41, 5.74) is 6.75. The minimum absolute atomic E-state index is 0.173. The van der Waals surface area contributed by atoms with Crippen molar-refractivity contribution in [2.45, 2.75) is 12.5 Å². The number of hydrogen-bond acceptors (Lipinski definition) is 3. The molecule has 1 aliphatic rings. The summed E-state index contributed by atoms with van der Waals surface area (Å²) in [6.45, 7) is 0.647. The Morgan fingerprint density at radius 1 is 1.56 bits per heavy atom. The Labute approximate surface area is 95.2 Å². The summed E-state index contributed by atoms with van der Waals surface area (Å²) in [4.78, 5) is 8.69. The lowest BCUT2D eigenvalue weighted by molar-refractivity contribution is 0.714. The molecule has 84 valence electrons. The van der Waals surface area contributed by atoms with Crippen LogP contribution >= 0.6 is 0 Å². The minimum Gasteiger partial charge on any atom is -0.335 e. The summed E-state index contributed by atoms with van der Waals surface area (Å²) in [5, 5.41) is 0. The van der Waals surface area contributed by atoms with Crippen LogP contribution in [0.4, 0.5) is 0 Å². The fourth-order valence-electron chi connectivity index (χ4n) is 1.71. The molecule has 1 unspecified atom stereocenters. The maximum absolute atomic E-state index is 5.58. The molecule has 0 radical (unpaired) electrons. The molecule has 0 spiro atoms. The van der Waals surface area contributed by atoms with Gasteiger partial charge in [-0.2, -0.15) is 0 Å². The molecular formula is C12H16N4. The molecule has 0 saturated heterocycles. The molecule has 0 amide bonds. The van der Waals surface area contributed by atoms with Gasteiger partial charge in [-0.25, -0.2) is 4.98 Å². The van der Waals surface area contributed by atoms with Crippen molar-refractivity contribution < 1.29 is 0 Å². The number of dihydropyridines is 1. The van der Waals surface area contributed by atoms with Crippen molar-refractivity contribution in [3.05, 3.63) is 35.9 Å². The zero-order chi connectivity index (χ0) is 11.4. The van der Waals surface area contributed by atoms with Crippen LogP contribution in [0.15, 0.2) is 35.1 Å². The van der Waals surface area contributed by atoms with Gasteiger partial charge in [-0.05, 0) is 30.7 Å². The van der Waals surface area contributed by atoms with Gasteiger partial charge in [0.05, 0.1) is 6.04 Å². The van der Waals surface area contributed by atoms with Crippen LogP contribution in [0.1, 0.15) is 12.2 Å². The van der Waals surface area contributed by atoms with Crippen LogP contribution in [0.5, 0.6) is 0 Å². The van der Waals surface area contributed by atoms with Gasteiger partial charge < -0.3 is 10.3 Å². The highest BCUT2D eigenvalue weighted by Gasteiger charge is 2.12. The standard InChI is InChI=1S/C12H16N4/c1-16-8-7-15-12(16)9-10-3-2-6-14-11(10)4-5-13/h2-3,6-9,11H,4-5,13H2,1H3. The number of aliphatic imine (C=N–C) groups is 1. The Balaban J connectivity index is 2.25. The van der Waals surface area contributed by atoms with Crippen molar-refractivity contribution in [3.63, 3.8) is 0 Å². The van der Waals surface area contributed by atoms with Crippen LogP contribution in [0.3, 0.4) is 0 Å². The molecule has 1 aromatic heterocycles. The third kappa shape index (κ3) is 2.28. The second-order valence-electron chi connectivity index (χ2n) is 3.79. The Kier molecular flexibility index (Phi) is 3.31. The fourth-order valence-corrected chi connectivity index (χ4v) is 1.71. The number of nitrogens with zero attached hydrogens (tertiary/aromatic N) is 3. The fraction of sp³-hybridized carbons (Fsp3) is 0.333. The first kappa shape index (κ1) is 10.8. The van der Waals surface area contributed by atoms with E-state index in [0.717, 1.165) is 12.2 Å². The van der Waals surface area contributed by atoms with E-state index < -0.39 is 0 Å². The van der Waals surface area contributed by atoms with Gasteiger partial charge in [0, 0.05) is 25.7 Å². The van der Waals surface area contributed by atoms with Gasteiger partial charge in [-0.15, -0.1) is 0 Å². The molecule has 4 heteroatoms. The maximum atomic E-state index is 5.58. The minimum atomic E-state index is 0.173. The molecule has 0 bridgehead atoms. The van der Waals surface area contributed by atoms with Crippen LogP contribution in [0.2, 0.25) is 0 Å². The normalized spacial score (nSPS) is 21.9. The van der Waals surface area contributed by atoms with Crippen LogP contribution in [0, 0.1) is 0 Å². The average molecular weight is 216 g/mol. The van der Waals surface area contributed by atoms with Gasteiger partial charge >= 0.3 is 0 Å². The molecule has 0 fully saturated rings. The highest BCUT2D eigenvalue weighted by molar-refractivity contribution is 5.76. The number of imidazole rings is 1. The van der Waals surface area contributed by atoms with E-state index in [4.69, 9.17) is 5.73 Å². The monoisotopic (exact) mass is 216 g/mol. The third-order valence-corrected chi connectivity index (χ3v) is 2.62. The van der Waals surface area contributed by atoms with Crippen molar-refractivity contribution in [2.75, 3.05) is 6.54 Å². The summed E-state index contributed by atoms with van der Waals surface area (Å²) in [5.74, 6) is 0.943. The largest absolute Gasteiger partial charge is 0.335 e. The van der Waals surface area contributed by atoms with Crippen molar-refractivity contribution in [1.82, 2.24) is 9.55 Å². The van der Waals surface area contributed by atoms with E-state index in [1.807, 2.05) is 30.1 Å². The summed E-state index contributed by atoms with van der Waals surface area (Å²) >= 11 is 0. The predicted octanol–water partition coefficient (Wildman–Crippen LogP) is 1.16. The quantitative estimate of drug-likeness (QED) is 0.824. The van der Waals surface area contributed by atoms with Crippen molar-refractivity contribution in [3.8, 4) is 0 Å². The predicted molar refractivity (Wildman–Crippen MR) is 66.3 cm³/mol. The van der Waals surface area contributed by atoms with E-state index in [1.54, 1.807) is 6.20 Å². The molecule has 0 aromatic carbocycles. The lowest BCUT2D eigenvalue weighted by Gasteiger charge is -2.15. The highest BCUT2D eigenvalue weighted by atomic mass is 15.0. The number of hydrogen-bond donors (Lipinski definition) is 1. The van der Waals surface area contributed by atoms with Crippen LogP contribution in [-0.4, -0.2) is 28.4 Å². The number of aromatic nitrogens is 2. The zero-order valence-corrected chi connectivity index (χ0v) is 9.37. The molecule has 1 aliphatic heterocycles. The smallest absolute Gasteiger partial charge is 0.132 e. The second kappa shape index (κ2) is 4.90. The van der Waals surface area contributed by atoms with Gasteiger partial charge in [0.25, 0.3) is 0 Å². The Hall–Kier alpha value is -1.68. The first-order valence-corrected chi connectivity index (χ1v) is 5.40. The Morgan fingerprint density at radius 2 is 2.44 bits per heavy atom.